The Bertz CT molecular complexity index is 613. The summed E-state index contributed by atoms with van der Waals surface area (Å²) in [4.78, 5) is 4.47. The third-order valence-electron chi connectivity index (χ3n) is 3.16. The van der Waals surface area contributed by atoms with Gasteiger partial charge < -0.3 is 10.2 Å². The van der Waals surface area contributed by atoms with Crippen LogP contribution in [-0.4, -0.2) is 11.6 Å². The van der Waals surface area contributed by atoms with Crippen molar-refractivity contribution in [2.45, 2.75) is 27.2 Å². The van der Waals surface area contributed by atoms with E-state index in [2.05, 4.69) is 10.4 Å². The number of anilines is 1. The number of aryl methyl sites for hydroxylation is 1. The van der Waals surface area contributed by atoms with E-state index >= 15 is 0 Å². The molecule has 0 saturated heterocycles. The molecule has 0 saturated carbocycles. The van der Waals surface area contributed by atoms with Gasteiger partial charge in [0.2, 0.25) is 0 Å². The quantitative estimate of drug-likeness (QED) is 0.657. The molecular formula is C14H18FN3O. The molecule has 0 fully saturated rings. The van der Waals surface area contributed by atoms with Crippen LogP contribution in [0.4, 0.5) is 10.1 Å². The van der Waals surface area contributed by atoms with Gasteiger partial charge in [0.05, 0.1) is 17.8 Å². The number of nitrogens with one attached hydrogen (secondary N) is 1. The number of hydrazine groups is 1. The number of nitrogen functional groups attached to an aromatic ring is 1. The molecule has 0 atom stereocenters. The number of aromatic nitrogens is 1. The van der Waals surface area contributed by atoms with Crippen molar-refractivity contribution in [3.05, 3.63) is 29.2 Å². The van der Waals surface area contributed by atoms with Gasteiger partial charge in [-0.1, -0.05) is 6.92 Å². The van der Waals surface area contributed by atoms with Crippen LogP contribution in [0.1, 0.15) is 25.1 Å². The van der Waals surface area contributed by atoms with Crippen molar-refractivity contribution in [2.24, 2.45) is 5.84 Å². The van der Waals surface area contributed by atoms with Gasteiger partial charge in [-0.3, -0.25) is 10.8 Å². The summed E-state index contributed by atoms with van der Waals surface area (Å²) in [5, 5.41) is 0.766. The molecule has 0 aliphatic carbocycles. The van der Waals surface area contributed by atoms with Gasteiger partial charge in [-0.05, 0) is 31.9 Å². The molecule has 5 heteroatoms. The zero-order valence-corrected chi connectivity index (χ0v) is 11.4. The van der Waals surface area contributed by atoms with Gasteiger partial charge in [-0.25, -0.2) is 4.39 Å². The predicted molar refractivity (Wildman–Crippen MR) is 74.8 cm³/mol. The monoisotopic (exact) mass is 263 g/mol. The number of rotatable bonds is 4. The van der Waals surface area contributed by atoms with E-state index in [4.69, 9.17) is 10.6 Å². The molecule has 0 aliphatic rings. The minimum absolute atomic E-state index is 0.219. The molecule has 1 aromatic heterocycles. The standard InChI is InChI=1S/C14H18FN3O/c1-4-11-8(3)14(18-16)9-6-13(19-5-2)10(15)7-12(9)17-11/h6-7H,4-5,16H2,1-3H3,(H,17,18). The molecule has 1 aromatic carbocycles. The Balaban J connectivity index is 2.76. The van der Waals surface area contributed by atoms with Crippen LogP contribution in [0.25, 0.3) is 10.9 Å². The zero-order valence-electron chi connectivity index (χ0n) is 11.4. The molecule has 0 amide bonds. The number of nitrogens with two attached hydrogens (primary N) is 1. The zero-order chi connectivity index (χ0) is 14.0. The van der Waals surface area contributed by atoms with Gasteiger partial charge in [0.1, 0.15) is 0 Å². The Morgan fingerprint density at radius 2 is 2.11 bits per heavy atom. The lowest BCUT2D eigenvalue weighted by atomic mass is 10.1. The maximum atomic E-state index is 13.9. The van der Waals surface area contributed by atoms with E-state index in [0.717, 1.165) is 28.8 Å². The lowest BCUT2D eigenvalue weighted by Gasteiger charge is -2.14. The molecule has 0 aliphatic heterocycles. The number of hydrogen-bond acceptors (Lipinski definition) is 4. The Morgan fingerprint density at radius 1 is 1.37 bits per heavy atom. The number of pyridine rings is 1. The summed E-state index contributed by atoms with van der Waals surface area (Å²) >= 11 is 0. The van der Waals surface area contributed by atoms with E-state index in [-0.39, 0.29) is 5.75 Å². The normalized spacial score (nSPS) is 10.8. The Hall–Kier alpha value is -1.88. The molecule has 1 heterocycles. The average molecular weight is 263 g/mol. The van der Waals surface area contributed by atoms with Gasteiger partial charge in [0.15, 0.2) is 11.6 Å². The molecule has 3 N–H and O–H groups in total. The minimum Gasteiger partial charge on any atom is -0.491 e. The minimum atomic E-state index is -0.407. The summed E-state index contributed by atoms with van der Waals surface area (Å²) < 4.78 is 19.1. The van der Waals surface area contributed by atoms with Crippen molar-refractivity contribution in [1.82, 2.24) is 4.98 Å². The lowest BCUT2D eigenvalue weighted by molar-refractivity contribution is 0.322. The molecule has 19 heavy (non-hydrogen) atoms. The number of fused-ring (bicyclic) bond motifs is 1. The van der Waals surface area contributed by atoms with E-state index in [0.29, 0.717) is 12.1 Å². The summed E-state index contributed by atoms with van der Waals surface area (Å²) in [6.45, 7) is 6.18. The highest BCUT2D eigenvalue weighted by Gasteiger charge is 2.14. The third-order valence-corrected chi connectivity index (χ3v) is 3.16. The maximum absolute atomic E-state index is 13.9. The first kappa shape index (κ1) is 13.5. The molecule has 4 nitrogen and oxygen atoms in total. The van der Waals surface area contributed by atoms with E-state index in [9.17, 15) is 4.39 Å². The van der Waals surface area contributed by atoms with Crippen LogP contribution >= 0.6 is 0 Å². The summed E-state index contributed by atoms with van der Waals surface area (Å²) in [5.41, 5.74) is 5.91. The molecule has 0 bridgehead atoms. The predicted octanol–water partition coefficient (Wildman–Crippen LogP) is 2.93. The smallest absolute Gasteiger partial charge is 0.167 e. The average Bonchev–Trinajstić information content (AvgIpc) is 2.40. The third kappa shape index (κ3) is 2.33. The fraction of sp³-hybridized carbons (Fsp3) is 0.357. The van der Waals surface area contributed by atoms with Crippen molar-refractivity contribution < 1.29 is 9.13 Å². The SMILES string of the molecule is CCOc1cc2c(NN)c(C)c(CC)nc2cc1F. The number of benzene rings is 1. The largest absolute Gasteiger partial charge is 0.491 e. The Labute approximate surface area is 111 Å². The van der Waals surface area contributed by atoms with Gasteiger partial charge in [-0.2, -0.15) is 0 Å². The second-order valence-electron chi connectivity index (χ2n) is 4.29. The van der Waals surface area contributed by atoms with Crippen LogP contribution in [0, 0.1) is 12.7 Å². The van der Waals surface area contributed by atoms with Gasteiger partial charge in [0, 0.05) is 17.1 Å². The molecule has 2 rings (SSSR count). The fourth-order valence-electron chi connectivity index (χ4n) is 2.21. The second-order valence-corrected chi connectivity index (χ2v) is 4.29. The highest BCUT2D eigenvalue weighted by atomic mass is 19.1. The summed E-state index contributed by atoms with van der Waals surface area (Å²) in [7, 11) is 0. The van der Waals surface area contributed by atoms with Crippen molar-refractivity contribution in [1.29, 1.82) is 0 Å². The molecule has 0 spiro atoms. The second kappa shape index (κ2) is 5.40. The van der Waals surface area contributed by atoms with Crippen molar-refractivity contribution in [3.63, 3.8) is 0 Å². The number of hydrogen-bond donors (Lipinski definition) is 2. The van der Waals surface area contributed by atoms with Crippen LogP contribution in [0.2, 0.25) is 0 Å². The van der Waals surface area contributed by atoms with Crippen LogP contribution in [0.3, 0.4) is 0 Å². The van der Waals surface area contributed by atoms with Gasteiger partial charge >= 0.3 is 0 Å². The van der Waals surface area contributed by atoms with Crippen LogP contribution in [0.5, 0.6) is 5.75 Å². The topological polar surface area (TPSA) is 60.2 Å². The fourth-order valence-corrected chi connectivity index (χ4v) is 2.21. The Morgan fingerprint density at radius 3 is 2.68 bits per heavy atom. The molecule has 2 aromatic rings. The molecule has 0 radical (unpaired) electrons. The number of ether oxygens (including phenoxy) is 1. The van der Waals surface area contributed by atoms with Crippen molar-refractivity contribution in [3.8, 4) is 5.75 Å². The van der Waals surface area contributed by atoms with Crippen molar-refractivity contribution >= 4 is 16.6 Å². The van der Waals surface area contributed by atoms with Crippen LogP contribution < -0.4 is 16.0 Å². The molecular weight excluding hydrogens is 245 g/mol. The van der Waals surface area contributed by atoms with E-state index < -0.39 is 5.82 Å². The first-order valence-corrected chi connectivity index (χ1v) is 6.34. The summed E-state index contributed by atoms with van der Waals surface area (Å²) in [5.74, 6) is 5.40. The van der Waals surface area contributed by atoms with E-state index in [1.54, 1.807) is 6.07 Å². The first-order chi connectivity index (χ1) is 9.12. The van der Waals surface area contributed by atoms with Crippen molar-refractivity contribution in [2.75, 3.05) is 12.0 Å². The van der Waals surface area contributed by atoms with Crippen LogP contribution in [-0.2, 0) is 6.42 Å². The molecule has 0 unspecified atom stereocenters. The van der Waals surface area contributed by atoms with E-state index in [1.165, 1.54) is 6.07 Å². The summed E-state index contributed by atoms with van der Waals surface area (Å²) in [6, 6.07) is 3.03. The van der Waals surface area contributed by atoms with E-state index in [1.807, 2.05) is 20.8 Å². The van der Waals surface area contributed by atoms with Crippen LogP contribution in [0.15, 0.2) is 12.1 Å². The Kier molecular flexibility index (Phi) is 3.85. The van der Waals surface area contributed by atoms with Gasteiger partial charge in [-0.15, -0.1) is 0 Å². The lowest BCUT2D eigenvalue weighted by Crippen LogP contribution is -2.11. The van der Waals surface area contributed by atoms with Gasteiger partial charge in [0.25, 0.3) is 0 Å². The highest BCUT2D eigenvalue weighted by Crippen LogP contribution is 2.32. The maximum Gasteiger partial charge on any atom is 0.167 e. The highest BCUT2D eigenvalue weighted by molar-refractivity contribution is 5.94. The number of halogens is 1. The first-order valence-electron chi connectivity index (χ1n) is 6.34. The number of nitrogens with zero attached hydrogens (tertiary/aromatic N) is 1. The molecule has 102 valence electrons. The summed E-state index contributed by atoms with van der Waals surface area (Å²) in [6.07, 6.45) is 0.769.